The summed E-state index contributed by atoms with van der Waals surface area (Å²) in [6.45, 7) is 0. The molecule has 0 unspecified atom stereocenters. The van der Waals surface area contributed by atoms with Gasteiger partial charge in [-0.05, 0) is 37.8 Å². The van der Waals surface area contributed by atoms with Crippen LogP contribution in [0.1, 0.15) is 24.1 Å². The van der Waals surface area contributed by atoms with Crippen molar-refractivity contribution in [3.8, 4) is 0 Å². The van der Waals surface area contributed by atoms with Gasteiger partial charge in [-0.1, -0.05) is 23.4 Å². The Balaban J connectivity index is 1.91. The van der Waals surface area contributed by atoms with Crippen molar-refractivity contribution in [1.29, 1.82) is 0 Å². The summed E-state index contributed by atoms with van der Waals surface area (Å²) < 4.78 is 32.0. The molecular weight excluding hydrogens is 264 g/mol. The molecule has 0 saturated heterocycles. The number of benzene rings is 1. The Hall–Kier alpha value is -1.82. The fourth-order valence-electron chi connectivity index (χ4n) is 2.25. The fraction of sp³-hybridized carbons (Fsp3) is 0.308. The Morgan fingerprint density at radius 2 is 1.84 bits per heavy atom. The number of anilines is 1. The van der Waals surface area contributed by atoms with E-state index < -0.39 is 10.0 Å². The molecule has 19 heavy (non-hydrogen) atoms. The first kappa shape index (κ1) is 12.2. The van der Waals surface area contributed by atoms with E-state index in [0.717, 1.165) is 36.9 Å². The molecule has 5 nitrogen and oxygen atoms in total. The molecule has 100 valence electrons. The van der Waals surface area contributed by atoms with Crippen LogP contribution in [0.2, 0.25) is 0 Å². The lowest BCUT2D eigenvalue weighted by molar-refractivity contribution is 0.426. The molecule has 0 aliphatic heterocycles. The predicted molar refractivity (Wildman–Crippen MR) is 70.4 cm³/mol. The van der Waals surface area contributed by atoms with Gasteiger partial charge < -0.3 is 4.52 Å². The van der Waals surface area contributed by atoms with Crippen molar-refractivity contribution in [2.45, 2.75) is 30.6 Å². The lowest BCUT2D eigenvalue weighted by atomic mass is 9.98. The van der Waals surface area contributed by atoms with E-state index in [4.69, 9.17) is 4.52 Å². The molecule has 0 atom stereocenters. The van der Waals surface area contributed by atoms with Gasteiger partial charge >= 0.3 is 0 Å². The van der Waals surface area contributed by atoms with Crippen LogP contribution >= 0.6 is 0 Å². The Kier molecular flexibility index (Phi) is 3.02. The third kappa shape index (κ3) is 2.35. The number of sulfonamides is 1. The predicted octanol–water partition coefficient (Wildman–Crippen LogP) is 2.35. The topological polar surface area (TPSA) is 72.2 Å². The largest absolute Gasteiger partial charge is 0.337 e. The van der Waals surface area contributed by atoms with Crippen molar-refractivity contribution in [3.63, 3.8) is 0 Å². The second-order valence-electron chi connectivity index (χ2n) is 4.56. The van der Waals surface area contributed by atoms with Gasteiger partial charge in [-0.2, -0.15) is 0 Å². The maximum atomic E-state index is 12.2. The van der Waals surface area contributed by atoms with E-state index in [-0.39, 0.29) is 10.8 Å². The molecule has 1 heterocycles. The molecule has 0 spiro atoms. The minimum absolute atomic E-state index is 0.218. The number of hydrogen-bond donors (Lipinski definition) is 1. The van der Waals surface area contributed by atoms with Gasteiger partial charge in [-0.3, -0.25) is 0 Å². The van der Waals surface area contributed by atoms with Gasteiger partial charge in [0, 0.05) is 5.56 Å². The Labute approximate surface area is 111 Å². The zero-order valence-corrected chi connectivity index (χ0v) is 11.1. The third-order valence-corrected chi connectivity index (χ3v) is 4.59. The number of fused-ring (bicyclic) bond motifs is 1. The van der Waals surface area contributed by atoms with Crippen LogP contribution in [0.25, 0.3) is 0 Å². The highest BCUT2D eigenvalue weighted by Gasteiger charge is 2.23. The number of nitrogens with one attached hydrogen (secondary N) is 1. The average molecular weight is 278 g/mol. The molecule has 0 fully saturated rings. The van der Waals surface area contributed by atoms with Crippen molar-refractivity contribution in [2.75, 3.05) is 4.72 Å². The number of nitrogens with zero attached hydrogens (tertiary/aromatic N) is 1. The van der Waals surface area contributed by atoms with E-state index in [2.05, 4.69) is 9.88 Å². The standard InChI is InChI=1S/C13H14N2O3S/c16-19(17,10-6-2-1-3-7-10)15-13-11-8-4-5-9-12(11)14-18-13/h1-3,6-7,15H,4-5,8-9H2. The molecule has 1 aliphatic rings. The molecule has 1 aromatic carbocycles. The molecule has 1 aliphatic carbocycles. The van der Waals surface area contributed by atoms with E-state index in [1.54, 1.807) is 30.3 Å². The minimum atomic E-state index is -3.60. The molecule has 0 saturated carbocycles. The third-order valence-electron chi connectivity index (χ3n) is 3.24. The first-order valence-electron chi connectivity index (χ1n) is 6.22. The molecule has 6 heteroatoms. The smallest absolute Gasteiger partial charge is 0.264 e. The van der Waals surface area contributed by atoms with Crippen LogP contribution in [0.3, 0.4) is 0 Å². The zero-order chi connectivity index (χ0) is 13.3. The highest BCUT2D eigenvalue weighted by molar-refractivity contribution is 7.92. The minimum Gasteiger partial charge on any atom is -0.337 e. The molecule has 0 radical (unpaired) electrons. The van der Waals surface area contributed by atoms with Crippen molar-refractivity contribution in [3.05, 3.63) is 41.6 Å². The van der Waals surface area contributed by atoms with Crippen molar-refractivity contribution < 1.29 is 12.9 Å². The van der Waals surface area contributed by atoms with Gasteiger partial charge in [0.25, 0.3) is 10.0 Å². The first-order chi connectivity index (χ1) is 9.17. The second kappa shape index (κ2) is 4.70. The lowest BCUT2D eigenvalue weighted by Gasteiger charge is -2.10. The molecular formula is C13H14N2O3S. The molecule has 3 rings (SSSR count). The molecule has 1 N–H and O–H groups in total. The Morgan fingerprint density at radius 3 is 2.63 bits per heavy atom. The maximum Gasteiger partial charge on any atom is 0.264 e. The van der Waals surface area contributed by atoms with E-state index in [9.17, 15) is 8.42 Å². The highest BCUT2D eigenvalue weighted by atomic mass is 32.2. The Bertz CT molecular complexity index is 677. The average Bonchev–Trinajstić information content (AvgIpc) is 2.83. The van der Waals surface area contributed by atoms with E-state index in [1.165, 1.54) is 0 Å². The van der Waals surface area contributed by atoms with Crippen molar-refractivity contribution >= 4 is 15.9 Å². The van der Waals surface area contributed by atoms with Crippen LogP contribution < -0.4 is 4.72 Å². The summed E-state index contributed by atoms with van der Waals surface area (Å²) in [4.78, 5) is 0.218. The van der Waals surface area contributed by atoms with Gasteiger partial charge in [-0.25, -0.2) is 13.1 Å². The van der Waals surface area contributed by atoms with Crippen LogP contribution in [0.5, 0.6) is 0 Å². The van der Waals surface area contributed by atoms with Gasteiger partial charge in [-0.15, -0.1) is 0 Å². The SMILES string of the molecule is O=S(=O)(Nc1onc2c1CCCC2)c1ccccc1. The highest BCUT2D eigenvalue weighted by Crippen LogP contribution is 2.29. The summed E-state index contributed by atoms with van der Waals surface area (Å²) in [7, 11) is -3.60. The monoisotopic (exact) mass is 278 g/mol. The quantitative estimate of drug-likeness (QED) is 0.935. The van der Waals surface area contributed by atoms with Crippen LogP contribution in [0.15, 0.2) is 39.8 Å². The van der Waals surface area contributed by atoms with E-state index >= 15 is 0 Å². The summed E-state index contributed by atoms with van der Waals surface area (Å²) in [5, 5.41) is 3.93. The van der Waals surface area contributed by atoms with Crippen LogP contribution in [0, 0.1) is 0 Å². The van der Waals surface area contributed by atoms with Gasteiger partial charge in [0.2, 0.25) is 5.88 Å². The second-order valence-corrected chi connectivity index (χ2v) is 6.25. The summed E-state index contributed by atoms with van der Waals surface area (Å²) in [5.41, 5.74) is 1.77. The van der Waals surface area contributed by atoms with E-state index in [1.807, 2.05) is 0 Å². The fourth-order valence-corrected chi connectivity index (χ4v) is 3.29. The summed E-state index contributed by atoms with van der Waals surface area (Å²) in [5.74, 6) is 0.263. The van der Waals surface area contributed by atoms with Gasteiger partial charge in [0.1, 0.15) is 0 Å². The van der Waals surface area contributed by atoms with Crippen molar-refractivity contribution in [2.24, 2.45) is 0 Å². The number of aryl methyl sites for hydroxylation is 1. The summed E-state index contributed by atoms with van der Waals surface area (Å²) in [6, 6.07) is 8.24. The summed E-state index contributed by atoms with van der Waals surface area (Å²) >= 11 is 0. The van der Waals surface area contributed by atoms with Crippen LogP contribution in [0.4, 0.5) is 5.88 Å². The molecule has 2 aromatic rings. The molecule has 0 amide bonds. The number of rotatable bonds is 3. The zero-order valence-electron chi connectivity index (χ0n) is 10.3. The van der Waals surface area contributed by atoms with Gasteiger partial charge in [0.15, 0.2) is 0 Å². The number of aromatic nitrogens is 1. The molecule has 0 bridgehead atoms. The maximum absolute atomic E-state index is 12.2. The lowest BCUT2D eigenvalue weighted by Crippen LogP contribution is -2.14. The summed E-state index contributed by atoms with van der Waals surface area (Å²) in [6.07, 6.45) is 3.77. The van der Waals surface area contributed by atoms with Crippen LogP contribution in [-0.4, -0.2) is 13.6 Å². The number of hydrogen-bond acceptors (Lipinski definition) is 4. The first-order valence-corrected chi connectivity index (χ1v) is 7.70. The Morgan fingerprint density at radius 1 is 1.11 bits per heavy atom. The normalized spacial score (nSPS) is 14.9. The van der Waals surface area contributed by atoms with Crippen LogP contribution in [-0.2, 0) is 22.9 Å². The van der Waals surface area contributed by atoms with Crippen molar-refractivity contribution in [1.82, 2.24) is 5.16 Å². The molecule has 1 aromatic heterocycles. The van der Waals surface area contributed by atoms with Gasteiger partial charge in [0.05, 0.1) is 10.6 Å². The van der Waals surface area contributed by atoms with E-state index in [0.29, 0.717) is 0 Å².